The molecule has 0 aromatic carbocycles. The zero-order valence-corrected chi connectivity index (χ0v) is 8.63. The predicted molar refractivity (Wildman–Crippen MR) is 53.8 cm³/mol. The van der Waals surface area contributed by atoms with E-state index in [1.54, 1.807) is 0 Å². The summed E-state index contributed by atoms with van der Waals surface area (Å²) < 4.78 is 0. The second-order valence-corrected chi connectivity index (χ2v) is 4.88. The summed E-state index contributed by atoms with van der Waals surface area (Å²) in [5.41, 5.74) is 0.463. The lowest BCUT2D eigenvalue weighted by molar-refractivity contribution is 0.250. The lowest BCUT2D eigenvalue weighted by Crippen LogP contribution is -2.23. The van der Waals surface area contributed by atoms with E-state index in [0.717, 1.165) is 5.92 Å². The molecule has 0 bridgehead atoms. The molecular formula is C10H18S. The fraction of sp³-hybridized carbons (Fsp3) is 0.800. The smallest absolute Gasteiger partial charge is 0.00352 e. The summed E-state index contributed by atoms with van der Waals surface area (Å²) in [6, 6.07) is 0. The van der Waals surface area contributed by atoms with Gasteiger partial charge in [-0.15, -0.1) is 11.8 Å². The van der Waals surface area contributed by atoms with Crippen molar-refractivity contribution < 1.29 is 0 Å². The van der Waals surface area contributed by atoms with Crippen LogP contribution in [0, 0.1) is 11.3 Å². The Kier molecular flexibility index (Phi) is 2.69. The molecule has 1 rings (SSSR count). The van der Waals surface area contributed by atoms with E-state index in [4.69, 9.17) is 0 Å². The van der Waals surface area contributed by atoms with E-state index in [1.807, 2.05) is 11.8 Å². The summed E-state index contributed by atoms with van der Waals surface area (Å²) in [7, 11) is 0. The molecule has 0 nitrogen and oxygen atoms in total. The zero-order valence-electron chi connectivity index (χ0n) is 7.81. The van der Waals surface area contributed by atoms with Gasteiger partial charge in [-0.2, -0.15) is 0 Å². The molecule has 1 heterocycles. The van der Waals surface area contributed by atoms with Crippen LogP contribution in [-0.2, 0) is 0 Å². The summed E-state index contributed by atoms with van der Waals surface area (Å²) >= 11 is 1.96. The van der Waals surface area contributed by atoms with Crippen LogP contribution in [0.15, 0.2) is 11.5 Å². The topological polar surface area (TPSA) is 0 Å². The summed E-state index contributed by atoms with van der Waals surface area (Å²) in [6.07, 6.45) is 2.60. The van der Waals surface area contributed by atoms with Crippen molar-refractivity contribution in [2.24, 2.45) is 11.3 Å². The van der Waals surface area contributed by atoms with Crippen LogP contribution in [-0.4, -0.2) is 5.75 Å². The highest BCUT2D eigenvalue weighted by molar-refractivity contribution is 8.03. The largest absolute Gasteiger partial charge is 0.131 e. The molecule has 0 saturated carbocycles. The lowest BCUT2D eigenvalue weighted by atomic mass is 9.73. The predicted octanol–water partition coefficient (Wildman–Crippen LogP) is 3.69. The van der Waals surface area contributed by atoms with Gasteiger partial charge in [0.1, 0.15) is 0 Å². The first kappa shape index (κ1) is 9.18. The second-order valence-electron chi connectivity index (χ2n) is 3.69. The minimum atomic E-state index is 0.463. The van der Waals surface area contributed by atoms with Gasteiger partial charge in [-0.25, -0.2) is 0 Å². The number of thioether (sulfide) groups is 1. The monoisotopic (exact) mass is 170 g/mol. The van der Waals surface area contributed by atoms with Crippen LogP contribution in [0.25, 0.3) is 0 Å². The van der Waals surface area contributed by atoms with E-state index in [9.17, 15) is 0 Å². The first-order valence-corrected chi connectivity index (χ1v) is 5.44. The van der Waals surface area contributed by atoms with Gasteiger partial charge in [0.05, 0.1) is 0 Å². The average molecular weight is 170 g/mol. The molecule has 1 atom stereocenters. The molecule has 64 valence electrons. The van der Waals surface area contributed by atoms with Crippen molar-refractivity contribution in [2.45, 2.75) is 33.6 Å². The summed E-state index contributed by atoms with van der Waals surface area (Å²) in [5, 5.41) is 0. The highest BCUT2D eigenvalue weighted by Crippen LogP contribution is 2.52. The van der Waals surface area contributed by atoms with Gasteiger partial charge in [0.25, 0.3) is 0 Å². The van der Waals surface area contributed by atoms with Crippen molar-refractivity contribution >= 4 is 11.8 Å². The minimum absolute atomic E-state index is 0.463. The van der Waals surface area contributed by atoms with Crippen LogP contribution in [0.5, 0.6) is 0 Å². The van der Waals surface area contributed by atoms with E-state index in [1.165, 1.54) is 23.5 Å². The van der Waals surface area contributed by atoms with Crippen molar-refractivity contribution in [2.75, 3.05) is 5.75 Å². The Bertz CT molecular complexity index is 160. The molecule has 1 heteroatoms. The average Bonchev–Trinajstić information content (AvgIpc) is 2.32. The Morgan fingerprint density at radius 1 is 1.64 bits per heavy atom. The molecule has 1 aliphatic heterocycles. The summed E-state index contributed by atoms with van der Waals surface area (Å²) in [4.78, 5) is 1.43. The first-order valence-electron chi connectivity index (χ1n) is 4.45. The van der Waals surface area contributed by atoms with E-state index in [0.29, 0.717) is 5.41 Å². The summed E-state index contributed by atoms with van der Waals surface area (Å²) in [6.45, 7) is 11.1. The van der Waals surface area contributed by atoms with E-state index in [2.05, 4.69) is 27.4 Å². The van der Waals surface area contributed by atoms with Crippen LogP contribution in [0.3, 0.4) is 0 Å². The maximum absolute atomic E-state index is 4.16. The molecule has 1 unspecified atom stereocenters. The molecule has 0 aromatic rings. The summed E-state index contributed by atoms with van der Waals surface area (Å²) in [5.74, 6) is 2.04. The van der Waals surface area contributed by atoms with Crippen LogP contribution in [0.1, 0.15) is 33.6 Å². The third-order valence-corrected chi connectivity index (χ3v) is 4.28. The standard InChI is InChI=1S/C10H18S/c1-5-10(8(2)3)6-7-11-9(10)4/h8H,4-7H2,1-3H3. The molecule has 0 N–H and O–H groups in total. The Balaban J connectivity index is 2.82. The van der Waals surface area contributed by atoms with Crippen molar-refractivity contribution in [1.29, 1.82) is 0 Å². The number of hydrogen-bond donors (Lipinski definition) is 0. The molecule has 11 heavy (non-hydrogen) atoms. The van der Waals surface area contributed by atoms with Gasteiger partial charge in [-0.3, -0.25) is 0 Å². The Hall–Kier alpha value is 0.0900. The normalized spacial score (nSPS) is 31.8. The fourth-order valence-corrected chi connectivity index (χ4v) is 3.51. The molecule has 0 aliphatic carbocycles. The van der Waals surface area contributed by atoms with Gasteiger partial charge >= 0.3 is 0 Å². The molecule has 0 radical (unpaired) electrons. The minimum Gasteiger partial charge on any atom is -0.131 e. The fourth-order valence-electron chi connectivity index (χ4n) is 2.03. The molecular weight excluding hydrogens is 152 g/mol. The Morgan fingerprint density at radius 3 is 2.45 bits per heavy atom. The van der Waals surface area contributed by atoms with Crippen LogP contribution >= 0.6 is 11.8 Å². The maximum atomic E-state index is 4.16. The zero-order chi connectivity index (χ0) is 8.48. The number of hydrogen-bond acceptors (Lipinski definition) is 1. The van der Waals surface area contributed by atoms with Gasteiger partial charge in [0.15, 0.2) is 0 Å². The van der Waals surface area contributed by atoms with Gasteiger partial charge in [0.2, 0.25) is 0 Å². The van der Waals surface area contributed by atoms with Gasteiger partial charge in [-0.1, -0.05) is 27.4 Å². The van der Waals surface area contributed by atoms with Gasteiger partial charge in [0, 0.05) is 5.41 Å². The number of rotatable bonds is 2. The molecule has 0 amide bonds. The van der Waals surface area contributed by atoms with Crippen molar-refractivity contribution in [1.82, 2.24) is 0 Å². The van der Waals surface area contributed by atoms with E-state index in [-0.39, 0.29) is 0 Å². The third kappa shape index (κ3) is 1.35. The lowest BCUT2D eigenvalue weighted by Gasteiger charge is -2.32. The van der Waals surface area contributed by atoms with Crippen molar-refractivity contribution in [3.05, 3.63) is 11.5 Å². The number of allylic oxidation sites excluding steroid dienone is 1. The maximum Gasteiger partial charge on any atom is 0.00352 e. The Morgan fingerprint density at radius 2 is 2.27 bits per heavy atom. The van der Waals surface area contributed by atoms with Gasteiger partial charge in [-0.05, 0) is 29.4 Å². The quantitative estimate of drug-likeness (QED) is 0.609. The third-order valence-electron chi connectivity index (χ3n) is 3.12. The van der Waals surface area contributed by atoms with Crippen molar-refractivity contribution in [3.63, 3.8) is 0 Å². The highest BCUT2D eigenvalue weighted by Gasteiger charge is 2.38. The molecule has 0 spiro atoms. The molecule has 1 aliphatic rings. The van der Waals surface area contributed by atoms with Crippen LogP contribution < -0.4 is 0 Å². The second kappa shape index (κ2) is 3.22. The molecule has 1 fully saturated rings. The first-order chi connectivity index (χ1) is 5.13. The van der Waals surface area contributed by atoms with E-state index < -0.39 is 0 Å². The molecule has 1 saturated heterocycles. The van der Waals surface area contributed by atoms with Gasteiger partial charge < -0.3 is 0 Å². The van der Waals surface area contributed by atoms with E-state index >= 15 is 0 Å². The Labute approximate surface area is 74.5 Å². The molecule has 0 aromatic heterocycles. The van der Waals surface area contributed by atoms with Crippen molar-refractivity contribution in [3.8, 4) is 0 Å². The van der Waals surface area contributed by atoms with Crippen LogP contribution in [0.4, 0.5) is 0 Å². The van der Waals surface area contributed by atoms with Crippen LogP contribution in [0.2, 0.25) is 0 Å². The highest BCUT2D eigenvalue weighted by atomic mass is 32.2. The SMILES string of the molecule is C=C1SCCC1(CC)C(C)C.